The Kier molecular flexibility index (Phi) is 6.54. The number of likely N-dealkylation sites (tertiary alicyclic amines) is 1. The number of hydrogen-bond acceptors (Lipinski definition) is 4. The maximum absolute atomic E-state index is 11.9. The maximum atomic E-state index is 11.9. The van der Waals surface area contributed by atoms with E-state index in [1.54, 1.807) is 11.8 Å². The summed E-state index contributed by atoms with van der Waals surface area (Å²) in [5.74, 6) is 1.26. The third-order valence-electron chi connectivity index (χ3n) is 3.81. The van der Waals surface area contributed by atoms with Crippen LogP contribution in [0.5, 0.6) is 0 Å². The Morgan fingerprint density at radius 3 is 2.90 bits per heavy atom. The molecule has 1 heterocycles. The van der Waals surface area contributed by atoms with Crippen LogP contribution in [0, 0.1) is 5.92 Å². The molecule has 0 bridgehead atoms. The summed E-state index contributed by atoms with van der Waals surface area (Å²) in [6.45, 7) is 4.62. The van der Waals surface area contributed by atoms with Crippen molar-refractivity contribution in [3.8, 4) is 0 Å². The number of amides is 1. The van der Waals surface area contributed by atoms with Crippen LogP contribution < -0.4 is 5.32 Å². The summed E-state index contributed by atoms with van der Waals surface area (Å²) < 4.78 is 0. The summed E-state index contributed by atoms with van der Waals surface area (Å²) in [5.41, 5.74) is 0. The van der Waals surface area contributed by atoms with E-state index in [2.05, 4.69) is 24.4 Å². The van der Waals surface area contributed by atoms with Crippen LogP contribution in [0.25, 0.3) is 0 Å². The minimum atomic E-state index is -0.305. The molecule has 1 saturated heterocycles. The van der Waals surface area contributed by atoms with Crippen LogP contribution >= 0.6 is 11.8 Å². The van der Waals surface area contributed by atoms with Crippen molar-refractivity contribution in [2.24, 2.45) is 5.92 Å². The molecule has 2 unspecified atom stereocenters. The lowest BCUT2D eigenvalue weighted by Crippen LogP contribution is -2.47. The molecule has 2 atom stereocenters. The van der Waals surface area contributed by atoms with Crippen molar-refractivity contribution in [3.63, 3.8) is 0 Å². The van der Waals surface area contributed by atoms with Gasteiger partial charge in [0, 0.05) is 23.7 Å². The quantitative estimate of drug-likeness (QED) is 0.619. The van der Waals surface area contributed by atoms with Gasteiger partial charge in [-0.05, 0) is 31.0 Å². The van der Waals surface area contributed by atoms with Gasteiger partial charge in [0.2, 0.25) is 5.91 Å². The van der Waals surface area contributed by atoms with Crippen LogP contribution in [-0.2, 0) is 4.79 Å². The summed E-state index contributed by atoms with van der Waals surface area (Å²) in [6.07, 6.45) is 0.651. The van der Waals surface area contributed by atoms with Gasteiger partial charge in [-0.25, -0.2) is 0 Å². The molecule has 4 nitrogen and oxygen atoms in total. The maximum Gasteiger partial charge on any atom is 0.234 e. The van der Waals surface area contributed by atoms with E-state index in [1.807, 2.05) is 23.1 Å². The van der Waals surface area contributed by atoms with E-state index in [-0.39, 0.29) is 12.0 Å². The Morgan fingerprint density at radius 2 is 2.19 bits per heavy atom. The number of nitrogens with zero attached hydrogens (tertiary/aromatic N) is 1. The molecule has 2 rings (SSSR count). The van der Waals surface area contributed by atoms with E-state index >= 15 is 0 Å². The van der Waals surface area contributed by atoms with E-state index in [1.165, 1.54) is 4.90 Å². The second kappa shape index (κ2) is 8.41. The SMILES string of the molecule is CC1CCN(CC(=O)NCCSc2ccccc2)CC1O. The fraction of sp³-hybridized carbons (Fsp3) is 0.562. The van der Waals surface area contributed by atoms with E-state index in [4.69, 9.17) is 0 Å². The molecule has 2 N–H and O–H groups in total. The normalized spacial score (nSPS) is 23.0. The number of aliphatic hydroxyl groups excluding tert-OH is 1. The van der Waals surface area contributed by atoms with Crippen LogP contribution in [0.15, 0.2) is 35.2 Å². The molecule has 1 amide bonds. The number of thioether (sulfide) groups is 1. The molecule has 0 spiro atoms. The molecule has 5 heteroatoms. The van der Waals surface area contributed by atoms with E-state index < -0.39 is 0 Å². The van der Waals surface area contributed by atoms with Crippen molar-refractivity contribution in [2.75, 3.05) is 31.9 Å². The van der Waals surface area contributed by atoms with Crippen LogP contribution in [0.4, 0.5) is 0 Å². The average molecular weight is 308 g/mol. The summed E-state index contributed by atoms with van der Waals surface area (Å²) in [4.78, 5) is 15.1. The first-order valence-electron chi connectivity index (χ1n) is 7.50. The fourth-order valence-corrected chi connectivity index (χ4v) is 3.18. The molecule has 1 aliphatic rings. The molecular formula is C16H24N2O2S. The van der Waals surface area contributed by atoms with Gasteiger partial charge in [0.25, 0.3) is 0 Å². The monoisotopic (exact) mass is 308 g/mol. The van der Waals surface area contributed by atoms with Gasteiger partial charge in [0.05, 0.1) is 12.6 Å². The molecule has 0 saturated carbocycles. The standard InChI is InChI=1S/C16H24N2O2S/c1-13-7-9-18(11-15(13)19)12-16(20)17-8-10-21-14-5-3-2-4-6-14/h2-6,13,15,19H,7-12H2,1H3,(H,17,20). The topological polar surface area (TPSA) is 52.6 Å². The Balaban J connectivity index is 1.59. The largest absolute Gasteiger partial charge is 0.392 e. The zero-order valence-corrected chi connectivity index (χ0v) is 13.3. The van der Waals surface area contributed by atoms with Crippen LogP contribution in [0.2, 0.25) is 0 Å². The number of β-amino-alcohol motifs (C(OH)–C–C–N with tert-alkyl or cyclic N) is 1. The van der Waals surface area contributed by atoms with Crippen molar-refractivity contribution in [1.82, 2.24) is 10.2 Å². The predicted molar refractivity (Wildman–Crippen MR) is 86.4 cm³/mol. The summed E-state index contributed by atoms with van der Waals surface area (Å²) >= 11 is 1.74. The third-order valence-corrected chi connectivity index (χ3v) is 4.82. The van der Waals surface area contributed by atoms with Gasteiger partial charge in [-0.3, -0.25) is 9.69 Å². The van der Waals surface area contributed by atoms with Gasteiger partial charge in [-0.15, -0.1) is 11.8 Å². The van der Waals surface area contributed by atoms with Crippen molar-refractivity contribution in [2.45, 2.75) is 24.3 Å². The molecule has 0 aromatic heterocycles. The highest BCUT2D eigenvalue weighted by Gasteiger charge is 2.25. The molecule has 21 heavy (non-hydrogen) atoms. The predicted octanol–water partition coefficient (Wildman–Crippen LogP) is 1.60. The molecule has 116 valence electrons. The molecule has 1 aromatic rings. The van der Waals surface area contributed by atoms with Gasteiger partial charge in [-0.2, -0.15) is 0 Å². The molecular weight excluding hydrogens is 284 g/mol. The number of nitrogens with one attached hydrogen (secondary N) is 1. The van der Waals surface area contributed by atoms with Gasteiger partial charge in [0.15, 0.2) is 0 Å². The summed E-state index contributed by atoms with van der Waals surface area (Å²) in [6, 6.07) is 10.2. The number of piperidine rings is 1. The number of rotatable bonds is 6. The molecule has 1 fully saturated rings. The highest BCUT2D eigenvalue weighted by atomic mass is 32.2. The Labute approximate surface area is 130 Å². The minimum Gasteiger partial charge on any atom is -0.392 e. The number of carbonyl (C=O) groups excluding carboxylic acids is 1. The van der Waals surface area contributed by atoms with Crippen molar-refractivity contribution in [3.05, 3.63) is 30.3 Å². The van der Waals surface area contributed by atoms with Crippen molar-refractivity contribution >= 4 is 17.7 Å². The first kappa shape index (κ1) is 16.3. The van der Waals surface area contributed by atoms with Crippen molar-refractivity contribution < 1.29 is 9.90 Å². The smallest absolute Gasteiger partial charge is 0.234 e. The Bertz CT molecular complexity index is 441. The van der Waals surface area contributed by atoms with Gasteiger partial charge in [0.1, 0.15) is 0 Å². The molecule has 1 aliphatic heterocycles. The van der Waals surface area contributed by atoms with Gasteiger partial charge >= 0.3 is 0 Å². The first-order chi connectivity index (χ1) is 10.1. The van der Waals surface area contributed by atoms with Gasteiger partial charge < -0.3 is 10.4 Å². The number of benzene rings is 1. The zero-order chi connectivity index (χ0) is 15.1. The zero-order valence-electron chi connectivity index (χ0n) is 12.5. The lowest BCUT2D eigenvalue weighted by atomic mass is 9.96. The highest BCUT2D eigenvalue weighted by molar-refractivity contribution is 7.99. The lowest BCUT2D eigenvalue weighted by molar-refractivity contribution is -0.123. The Morgan fingerprint density at radius 1 is 1.43 bits per heavy atom. The minimum absolute atomic E-state index is 0.0467. The lowest BCUT2D eigenvalue weighted by Gasteiger charge is -2.33. The van der Waals surface area contributed by atoms with Crippen molar-refractivity contribution in [1.29, 1.82) is 0 Å². The Hall–Kier alpha value is -1.04. The van der Waals surface area contributed by atoms with Gasteiger partial charge in [-0.1, -0.05) is 25.1 Å². The van der Waals surface area contributed by atoms with Crippen LogP contribution in [0.1, 0.15) is 13.3 Å². The third kappa shape index (κ3) is 5.69. The fourth-order valence-electron chi connectivity index (χ4n) is 2.39. The molecule has 0 aliphatic carbocycles. The number of aliphatic hydroxyl groups is 1. The second-order valence-electron chi connectivity index (χ2n) is 5.58. The van der Waals surface area contributed by atoms with E-state index in [0.29, 0.717) is 25.6 Å². The number of hydrogen-bond donors (Lipinski definition) is 2. The highest BCUT2D eigenvalue weighted by Crippen LogP contribution is 2.17. The van der Waals surface area contributed by atoms with Crippen LogP contribution in [-0.4, -0.2) is 53.9 Å². The average Bonchev–Trinajstić information content (AvgIpc) is 2.49. The van der Waals surface area contributed by atoms with Crippen LogP contribution in [0.3, 0.4) is 0 Å². The summed E-state index contributed by atoms with van der Waals surface area (Å²) in [7, 11) is 0. The second-order valence-corrected chi connectivity index (χ2v) is 6.75. The van der Waals surface area contributed by atoms with E-state index in [0.717, 1.165) is 18.7 Å². The van der Waals surface area contributed by atoms with E-state index in [9.17, 15) is 9.90 Å². The molecule has 1 aromatic carbocycles. The first-order valence-corrected chi connectivity index (χ1v) is 8.48. The number of carbonyl (C=O) groups is 1. The summed E-state index contributed by atoms with van der Waals surface area (Å²) in [5, 5.41) is 12.8. The molecule has 0 radical (unpaired) electrons.